The minimum Gasteiger partial charge on any atom is -0.340 e. The van der Waals surface area contributed by atoms with Crippen LogP contribution in [0.25, 0.3) is 16.6 Å². The lowest BCUT2D eigenvalue weighted by Crippen LogP contribution is -2.27. The zero-order valence-electron chi connectivity index (χ0n) is 16.9. The Morgan fingerprint density at radius 2 is 2.00 bits per heavy atom. The van der Waals surface area contributed by atoms with E-state index in [1.165, 1.54) is 6.33 Å². The predicted octanol–water partition coefficient (Wildman–Crippen LogP) is 2.87. The number of hydrogen-bond acceptors (Lipinski definition) is 5. The van der Waals surface area contributed by atoms with Gasteiger partial charge in [0.05, 0.1) is 11.2 Å². The summed E-state index contributed by atoms with van der Waals surface area (Å²) in [7, 11) is 3.97. The van der Waals surface area contributed by atoms with Crippen molar-refractivity contribution in [2.24, 2.45) is 0 Å². The Morgan fingerprint density at radius 1 is 1.13 bits per heavy atom. The molecule has 0 atom stereocenters. The summed E-state index contributed by atoms with van der Waals surface area (Å²) in [6.07, 6.45) is 10.6. The van der Waals surface area contributed by atoms with Gasteiger partial charge in [0, 0.05) is 42.1 Å². The first-order valence-electron chi connectivity index (χ1n) is 9.56. The van der Waals surface area contributed by atoms with Crippen LogP contribution in [0.4, 0.5) is 11.5 Å². The molecule has 0 amide bonds. The van der Waals surface area contributed by atoms with Crippen LogP contribution >= 0.6 is 0 Å². The second kappa shape index (κ2) is 8.23. The molecule has 0 spiro atoms. The first-order valence-corrected chi connectivity index (χ1v) is 9.56. The summed E-state index contributed by atoms with van der Waals surface area (Å²) in [5.41, 5.74) is 3.08. The molecule has 0 fully saturated rings. The number of imidazole rings is 1. The predicted molar refractivity (Wildman–Crippen MR) is 119 cm³/mol. The highest BCUT2D eigenvalue weighted by Gasteiger charge is 2.10. The van der Waals surface area contributed by atoms with Crippen molar-refractivity contribution in [3.05, 3.63) is 77.2 Å². The highest BCUT2D eigenvalue weighted by atomic mass is 16.1. The summed E-state index contributed by atoms with van der Waals surface area (Å²) < 4.78 is 3.33. The van der Waals surface area contributed by atoms with Crippen LogP contribution in [-0.4, -0.2) is 44.6 Å². The van der Waals surface area contributed by atoms with E-state index in [1.54, 1.807) is 15.3 Å². The van der Waals surface area contributed by atoms with Gasteiger partial charge in [0.2, 0.25) is 0 Å². The standard InChI is InChI=1S/C23H22N6O/c1-4-17-6-5-7-18(14-17)26-22-20-15-19(8-9-21(20)24-16-25-22)29-13-12-28(23(29)30)11-10-27(2)3/h1,5-9,12-16H,10-11H2,2-3H3,(H,24,25,26). The number of nitrogens with one attached hydrogen (secondary N) is 1. The highest BCUT2D eigenvalue weighted by Crippen LogP contribution is 2.25. The van der Waals surface area contributed by atoms with Crippen LogP contribution < -0.4 is 11.0 Å². The number of nitrogens with zero attached hydrogens (tertiary/aromatic N) is 5. The smallest absolute Gasteiger partial charge is 0.332 e. The van der Waals surface area contributed by atoms with Crippen molar-refractivity contribution < 1.29 is 0 Å². The molecule has 1 N–H and O–H groups in total. The lowest BCUT2D eigenvalue weighted by atomic mass is 10.2. The Hall–Kier alpha value is -3.89. The third kappa shape index (κ3) is 3.95. The maximum Gasteiger partial charge on any atom is 0.332 e. The van der Waals surface area contributed by atoms with Crippen molar-refractivity contribution in [3.8, 4) is 18.0 Å². The number of anilines is 2. The van der Waals surface area contributed by atoms with Gasteiger partial charge in [-0.25, -0.2) is 14.8 Å². The van der Waals surface area contributed by atoms with E-state index in [-0.39, 0.29) is 5.69 Å². The number of likely N-dealkylation sites (N-methyl/N-ethyl adjacent to an activating group) is 1. The molecule has 4 rings (SSSR count). The molecule has 7 nitrogen and oxygen atoms in total. The molecule has 0 aliphatic heterocycles. The van der Waals surface area contributed by atoms with E-state index in [4.69, 9.17) is 6.42 Å². The highest BCUT2D eigenvalue weighted by molar-refractivity contribution is 5.92. The van der Waals surface area contributed by atoms with Gasteiger partial charge in [-0.05, 0) is 50.5 Å². The number of aromatic nitrogens is 4. The van der Waals surface area contributed by atoms with Crippen LogP contribution in [0.5, 0.6) is 0 Å². The maximum absolute atomic E-state index is 12.8. The molecule has 0 bridgehead atoms. The van der Waals surface area contributed by atoms with Crippen molar-refractivity contribution in [1.29, 1.82) is 0 Å². The SMILES string of the molecule is C#Cc1cccc(Nc2ncnc3ccc(-n4ccn(CCN(C)C)c4=O)cc23)c1. The topological polar surface area (TPSA) is 68.0 Å². The van der Waals surface area contributed by atoms with Gasteiger partial charge in [-0.3, -0.25) is 9.13 Å². The lowest BCUT2D eigenvalue weighted by Gasteiger charge is -2.11. The van der Waals surface area contributed by atoms with Gasteiger partial charge >= 0.3 is 5.69 Å². The number of terminal acetylenes is 1. The number of rotatable bonds is 6. The second-order valence-electron chi connectivity index (χ2n) is 7.22. The van der Waals surface area contributed by atoms with Gasteiger partial charge in [0.15, 0.2) is 0 Å². The van der Waals surface area contributed by atoms with Crippen LogP contribution in [0.3, 0.4) is 0 Å². The van der Waals surface area contributed by atoms with Crippen molar-refractivity contribution >= 4 is 22.4 Å². The average molecular weight is 398 g/mol. The third-order valence-corrected chi connectivity index (χ3v) is 4.82. The van der Waals surface area contributed by atoms with E-state index in [0.717, 1.165) is 34.4 Å². The van der Waals surface area contributed by atoms with E-state index in [1.807, 2.05) is 67.7 Å². The van der Waals surface area contributed by atoms with Crippen molar-refractivity contribution in [1.82, 2.24) is 24.0 Å². The van der Waals surface area contributed by atoms with Crippen LogP contribution in [0.1, 0.15) is 5.56 Å². The van der Waals surface area contributed by atoms with Crippen molar-refractivity contribution in [3.63, 3.8) is 0 Å². The summed E-state index contributed by atoms with van der Waals surface area (Å²) in [4.78, 5) is 23.6. The summed E-state index contributed by atoms with van der Waals surface area (Å²) in [5, 5.41) is 4.12. The Bertz CT molecular complexity index is 1300. The molecule has 0 saturated carbocycles. The molecule has 30 heavy (non-hydrogen) atoms. The Labute approximate surface area is 174 Å². The molecule has 2 aromatic carbocycles. The molecule has 150 valence electrons. The Morgan fingerprint density at radius 3 is 2.80 bits per heavy atom. The van der Waals surface area contributed by atoms with Crippen LogP contribution in [-0.2, 0) is 6.54 Å². The monoisotopic (exact) mass is 398 g/mol. The average Bonchev–Trinajstić information content (AvgIpc) is 3.12. The molecule has 0 saturated heterocycles. The largest absolute Gasteiger partial charge is 0.340 e. The van der Waals surface area contributed by atoms with E-state index < -0.39 is 0 Å². The summed E-state index contributed by atoms with van der Waals surface area (Å²) in [6.45, 7) is 1.42. The fourth-order valence-corrected chi connectivity index (χ4v) is 3.20. The lowest BCUT2D eigenvalue weighted by molar-refractivity contribution is 0.380. The van der Waals surface area contributed by atoms with Gasteiger partial charge in [-0.15, -0.1) is 6.42 Å². The first-order chi connectivity index (χ1) is 14.5. The molecule has 2 aromatic heterocycles. The molecular formula is C23H22N6O. The second-order valence-corrected chi connectivity index (χ2v) is 7.22. The normalized spacial score (nSPS) is 11.0. The Balaban J connectivity index is 1.71. The molecule has 0 unspecified atom stereocenters. The van der Waals surface area contributed by atoms with Gasteiger partial charge in [0.25, 0.3) is 0 Å². The number of fused-ring (bicyclic) bond motifs is 1. The van der Waals surface area contributed by atoms with Gasteiger partial charge in [0.1, 0.15) is 12.1 Å². The van der Waals surface area contributed by atoms with Gasteiger partial charge < -0.3 is 10.2 Å². The minimum atomic E-state index is -0.0794. The zero-order chi connectivity index (χ0) is 21.1. The van der Waals surface area contributed by atoms with Gasteiger partial charge in [-0.1, -0.05) is 12.0 Å². The van der Waals surface area contributed by atoms with E-state index in [9.17, 15) is 4.79 Å². The van der Waals surface area contributed by atoms with Crippen LogP contribution in [0.15, 0.2) is 66.0 Å². The first kappa shape index (κ1) is 19.4. The maximum atomic E-state index is 12.8. The van der Waals surface area contributed by atoms with Crippen LogP contribution in [0, 0.1) is 12.3 Å². The zero-order valence-corrected chi connectivity index (χ0v) is 16.9. The van der Waals surface area contributed by atoms with Crippen molar-refractivity contribution in [2.75, 3.05) is 26.0 Å². The molecule has 0 aliphatic rings. The van der Waals surface area contributed by atoms with Crippen LogP contribution in [0.2, 0.25) is 0 Å². The fraction of sp³-hybridized carbons (Fsp3) is 0.174. The molecule has 0 aliphatic carbocycles. The molecule has 2 heterocycles. The molecule has 7 heteroatoms. The van der Waals surface area contributed by atoms with Crippen molar-refractivity contribution in [2.45, 2.75) is 6.54 Å². The fourth-order valence-electron chi connectivity index (χ4n) is 3.20. The minimum absolute atomic E-state index is 0.0794. The quantitative estimate of drug-likeness (QED) is 0.506. The van der Waals surface area contributed by atoms with E-state index in [0.29, 0.717) is 12.4 Å². The molecule has 0 radical (unpaired) electrons. The summed E-state index contributed by atoms with van der Waals surface area (Å²) >= 11 is 0. The summed E-state index contributed by atoms with van der Waals surface area (Å²) in [6, 6.07) is 13.3. The number of hydrogen-bond donors (Lipinski definition) is 1. The van der Waals surface area contributed by atoms with E-state index >= 15 is 0 Å². The number of benzene rings is 2. The van der Waals surface area contributed by atoms with Gasteiger partial charge in [-0.2, -0.15) is 0 Å². The van der Waals surface area contributed by atoms with E-state index in [2.05, 4.69) is 21.2 Å². The Kier molecular flexibility index (Phi) is 5.33. The molecule has 4 aromatic rings. The summed E-state index contributed by atoms with van der Waals surface area (Å²) in [5.74, 6) is 3.28. The third-order valence-electron chi connectivity index (χ3n) is 4.82. The molecular weight excluding hydrogens is 376 g/mol.